The number of carbonyl (C=O) groups is 1. The number of hydrogen-bond acceptors (Lipinski definition) is 6. The standard InChI is InChI=1S/C17H15N5O2S/c1-2-9-22(25)17(24)21-15-8-7-13-16(20-15)19-14(10-18-13)11-3-5-12(23)6-4-11/h2-8,10,23,25H,1,9H2,(H,19,20,21,24). The van der Waals surface area contributed by atoms with Crippen molar-refractivity contribution in [2.45, 2.75) is 0 Å². The minimum atomic E-state index is -0.419. The first kappa shape index (κ1) is 16.7. The lowest BCUT2D eigenvalue weighted by Gasteiger charge is -2.13. The summed E-state index contributed by atoms with van der Waals surface area (Å²) in [4.78, 5) is 25.1. The van der Waals surface area contributed by atoms with Gasteiger partial charge in [0.2, 0.25) is 0 Å². The predicted molar refractivity (Wildman–Crippen MR) is 99.3 cm³/mol. The lowest BCUT2D eigenvalue weighted by atomic mass is 10.1. The molecule has 0 unspecified atom stereocenters. The molecule has 2 N–H and O–H groups in total. The van der Waals surface area contributed by atoms with Gasteiger partial charge in [0.25, 0.3) is 0 Å². The van der Waals surface area contributed by atoms with Crippen molar-refractivity contribution in [1.29, 1.82) is 0 Å². The van der Waals surface area contributed by atoms with Gasteiger partial charge in [0.1, 0.15) is 17.1 Å². The number of aromatic hydroxyl groups is 1. The molecule has 1 aromatic carbocycles. The molecular formula is C17H15N5O2S. The fourth-order valence-corrected chi connectivity index (χ4v) is 2.28. The van der Waals surface area contributed by atoms with E-state index in [-0.39, 0.29) is 5.75 Å². The molecular weight excluding hydrogens is 338 g/mol. The van der Waals surface area contributed by atoms with Crippen LogP contribution in [-0.4, -0.2) is 36.9 Å². The fourth-order valence-electron chi connectivity index (χ4n) is 2.12. The lowest BCUT2D eigenvalue weighted by Crippen LogP contribution is -2.27. The molecule has 3 rings (SSSR count). The number of nitrogens with zero attached hydrogens (tertiary/aromatic N) is 4. The van der Waals surface area contributed by atoms with Crippen LogP contribution in [0.5, 0.6) is 5.75 Å². The molecule has 0 aliphatic carbocycles. The van der Waals surface area contributed by atoms with Crippen molar-refractivity contribution in [2.24, 2.45) is 0 Å². The average Bonchev–Trinajstić information content (AvgIpc) is 2.62. The summed E-state index contributed by atoms with van der Waals surface area (Å²) >= 11 is 4.06. The minimum absolute atomic E-state index is 0.177. The quantitative estimate of drug-likeness (QED) is 0.495. The lowest BCUT2D eigenvalue weighted by molar-refractivity contribution is 0.241. The predicted octanol–water partition coefficient (Wildman–Crippen LogP) is 3.26. The zero-order valence-electron chi connectivity index (χ0n) is 13.1. The van der Waals surface area contributed by atoms with Crippen molar-refractivity contribution in [3.05, 3.63) is 55.3 Å². The Morgan fingerprint density at radius 2 is 2.00 bits per heavy atom. The van der Waals surface area contributed by atoms with Crippen molar-refractivity contribution in [2.75, 3.05) is 11.9 Å². The van der Waals surface area contributed by atoms with Gasteiger partial charge in [-0.1, -0.05) is 18.9 Å². The molecule has 0 spiro atoms. The number of phenolic OH excluding ortho intramolecular Hbond substituents is 1. The number of thiol groups is 1. The van der Waals surface area contributed by atoms with Gasteiger partial charge >= 0.3 is 6.03 Å². The molecule has 3 aromatic rings. The van der Waals surface area contributed by atoms with Crippen LogP contribution in [0.25, 0.3) is 22.4 Å². The van der Waals surface area contributed by atoms with Crippen LogP contribution in [0.3, 0.4) is 0 Å². The second kappa shape index (κ2) is 7.18. The second-order valence-electron chi connectivity index (χ2n) is 5.14. The Kier molecular flexibility index (Phi) is 4.80. The number of anilines is 1. The van der Waals surface area contributed by atoms with Gasteiger partial charge in [0, 0.05) is 5.56 Å². The Bertz CT molecular complexity index is 930. The van der Waals surface area contributed by atoms with Crippen LogP contribution < -0.4 is 5.32 Å². The van der Waals surface area contributed by atoms with Gasteiger partial charge in [-0.2, -0.15) is 0 Å². The zero-order valence-corrected chi connectivity index (χ0v) is 14.0. The first-order valence-electron chi connectivity index (χ1n) is 7.38. The number of nitrogens with one attached hydrogen (secondary N) is 1. The summed E-state index contributed by atoms with van der Waals surface area (Å²) in [5.41, 5.74) is 2.43. The van der Waals surface area contributed by atoms with Gasteiger partial charge in [-0.15, -0.1) is 6.58 Å². The first-order valence-corrected chi connectivity index (χ1v) is 7.78. The Morgan fingerprint density at radius 1 is 1.24 bits per heavy atom. The normalized spacial score (nSPS) is 10.4. The zero-order chi connectivity index (χ0) is 17.8. The van der Waals surface area contributed by atoms with Crippen molar-refractivity contribution < 1.29 is 9.90 Å². The topological polar surface area (TPSA) is 91.2 Å². The summed E-state index contributed by atoms with van der Waals surface area (Å²) in [6.45, 7) is 3.85. The summed E-state index contributed by atoms with van der Waals surface area (Å²) in [5.74, 6) is 0.522. The number of phenols is 1. The Balaban J connectivity index is 1.89. The van der Waals surface area contributed by atoms with E-state index >= 15 is 0 Å². The van der Waals surface area contributed by atoms with Crippen LogP contribution in [0.4, 0.5) is 10.6 Å². The molecule has 2 amide bonds. The highest BCUT2D eigenvalue weighted by molar-refractivity contribution is 7.78. The number of amides is 2. The van der Waals surface area contributed by atoms with E-state index in [1.165, 1.54) is 4.31 Å². The van der Waals surface area contributed by atoms with Gasteiger partial charge < -0.3 is 5.11 Å². The number of aromatic nitrogens is 3. The van der Waals surface area contributed by atoms with E-state index in [4.69, 9.17) is 0 Å². The van der Waals surface area contributed by atoms with Gasteiger partial charge in [-0.25, -0.2) is 14.8 Å². The van der Waals surface area contributed by atoms with Gasteiger partial charge in [-0.3, -0.25) is 14.6 Å². The van der Waals surface area contributed by atoms with Crippen LogP contribution in [0.2, 0.25) is 0 Å². The van der Waals surface area contributed by atoms with Crippen LogP contribution in [-0.2, 0) is 0 Å². The monoisotopic (exact) mass is 353 g/mol. The third kappa shape index (κ3) is 3.86. The highest BCUT2D eigenvalue weighted by Gasteiger charge is 2.10. The largest absolute Gasteiger partial charge is 0.508 e. The van der Waals surface area contributed by atoms with E-state index in [1.54, 1.807) is 48.7 Å². The summed E-state index contributed by atoms with van der Waals surface area (Å²) in [6.07, 6.45) is 3.20. The summed E-state index contributed by atoms with van der Waals surface area (Å²) in [7, 11) is 0. The summed E-state index contributed by atoms with van der Waals surface area (Å²) in [5, 5.41) is 12.0. The van der Waals surface area contributed by atoms with Crippen molar-refractivity contribution in [3.63, 3.8) is 0 Å². The molecule has 2 aromatic heterocycles. The maximum Gasteiger partial charge on any atom is 0.333 e. The van der Waals surface area contributed by atoms with Crippen LogP contribution in [0, 0.1) is 0 Å². The molecule has 0 saturated carbocycles. The number of hydrogen-bond donors (Lipinski definition) is 3. The highest BCUT2D eigenvalue weighted by Crippen LogP contribution is 2.21. The number of carbonyl (C=O) groups excluding carboxylic acids is 1. The molecule has 2 heterocycles. The van der Waals surface area contributed by atoms with E-state index in [2.05, 4.69) is 39.7 Å². The molecule has 7 nitrogen and oxygen atoms in total. The van der Waals surface area contributed by atoms with E-state index in [0.717, 1.165) is 5.56 Å². The van der Waals surface area contributed by atoms with Crippen LogP contribution in [0.1, 0.15) is 0 Å². The number of rotatable bonds is 4. The molecule has 0 bridgehead atoms. The SMILES string of the molecule is C=CCN(S)C(=O)Nc1ccc2ncc(-c3ccc(O)cc3)nc2n1. The number of benzene rings is 1. The molecule has 25 heavy (non-hydrogen) atoms. The maximum atomic E-state index is 11.9. The van der Waals surface area contributed by atoms with Crippen LogP contribution in [0.15, 0.2) is 55.3 Å². The Morgan fingerprint density at radius 3 is 2.72 bits per heavy atom. The molecule has 0 atom stereocenters. The molecule has 8 heteroatoms. The molecule has 0 fully saturated rings. The van der Waals surface area contributed by atoms with Gasteiger partial charge in [0.15, 0.2) is 5.65 Å². The molecule has 0 saturated heterocycles. The molecule has 0 aliphatic heterocycles. The second-order valence-corrected chi connectivity index (χ2v) is 5.63. The molecule has 0 radical (unpaired) electrons. The van der Waals surface area contributed by atoms with E-state index in [1.807, 2.05) is 0 Å². The maximum absolute atomic E-state index is 11.9. The smallest absolute Gasteiger partial charge is 0.333 e. The minimum Gasteiger partial charge on any atom is -0.508 e. The fraction of sp³-hybridized carbons (Fsp3) is 0.0588. The number of urea groups is 1. The van der Waals surface area contributed by atoms with Crippen LogP contribution >= 0.6 is 12.8 Å². The highest BCUT2D eigenvalue weighted by atomic mass is 32.1. The van der Waals surface area contributed by atoms with Crippen molar-refractivity contribution in [3.8, 4) is 17.0 Å². The Hall–Kier alpha value is -3.13. The van der Waals surface area contributed by atoms with Crippen molar-refractivity contribution in [1.82, 2.24) is 19.3 Å². The van der Waals surface area contributed by atoms with Gasteiger partial charge in [0.05, 0.1) is 18.4 Å². The molecule has 0 aliphatic rings. The average molecular weight is 353 g/mol. The Labute approximate surface area is 149 Å². The first-order chi connectivity index (χ1) is 12.1. The number of fused-ring (bicyclic) bond motifs is 1. The third-order valence-electron chi connectivity index (χ3n) is 3.34. The molecule has 126 valence electrons. The van der Waals surface area contributed by atoms with E-state index < -0.39 is 6.03 Å². The van der Waals surface area contributed by atoms with Gasteiger partial charge in [-0.05, 0) is 36.4 Å². The number of pyridine rings is 1. The van der Waals surface area contributed by atoms with E-state index in [0.29, 0.717) is 29.2 Å². The summed E-state index contributed by atoms with van der Waals surface area (Å²) < 4.78 is 1.18. The third-order valence-corrected chi connectivity index (χ3v) is 3.69. The van der Waals surface area contributed by atoms with E-state index in [9.17, 15) is 9.90 Å². The summed E-state index contributed by atoms with van der Waals surface area (Å²) in [6, 6.07) is 9.58. The van der Waals surface area contributed by atoms with Crippen molar-refractivity contribution >= 4 is 35.8 Å².